The molecule has 0 bridgehead atoms. The van der Waals surface area contributed by atoms with Crippen molar-refractivity contribution in [2.75, 3.05) is 5.32 Å². The molecule has 1 aromatic carbocycles. The number of nitrogens with one attached hydrogen (secondary N) is 1. The van der Waals surface area contributed by atoms with Crippen molar-refractivity contribution in [3.63, 3.8) is 0 Å². The van der Waals surface area contributed by atoms with Crippen LogP contribution in [0.25, 0.3) is 0 Å². The van der Waals surface area contributed by atoms with Gasteiger partial charge in [-0.25, -0.2) is 0 Å². The molecule has 1 atom stereocenters. The molecule has 0 fully saturated rings. The van der Waals surface area contributed by atoms with E-state index in [2.05, 4.69) is 5.32 Å². The van der Waals surface area contributed by atoms with Crippen LogP contribution in [0, 0.1) is 21.4 Å². The Bertz CT molecular complexity index is 505. The summed E-state index contributed by atoms with van der Waals surface area (Å²) >= 11 is 0. The monoisotopic (exact) mass is 234 g/mol. The van der Waals surface area contributed by atoms with Gasteiger partial charge >= 0.3 is 0 Å². The zero-order valence-electron chi connectivity index (χ0n) is 9.01. The van der Waals surface area contributed by atoms with Gasteiger partial charge in [-0.1, -0.05) is 0 Å². The number of non-ortho nitro benzene ring substituents is 1. The van der Waals surface area contributed by atoms with Gasteiger partial charge in [-0.2, -0.15) is 5.26 Å². The maximum absolute atomic E-state index is 11.3. The second kappa shape index (κ2) is 5.05. The van der Waals surface area contributed by atoms with Crippen LogP contribution in [0.2, 0.25) is 0 Å². The van der Waals surface area contributed by atoms with Crippen molar-refractivity contribution in [3.8, 4) is 6.07 Å². The number of nitro groups is 1. The van der Waals surface area contributed by atoms with E-state index in [4.69, 9.17) is 11.0 Å². The van der Waals surface area contributed by atoms with Gasteiger partial charge in [-0.05, 0) is 13.0 Å². The van der Waals surface area contributed by atoms with E-state index in [9.17, 15) is 14.9 Å². The number of rotatable bonds is 3. The third-order valence-electron chi connectivity index (χ3n) is 2.01. The fraction of sp³-hybridized carbons (Fsp3) is 0.200. The highest BCUT2D eigenvalue weighted by Gasteiger charge is 2.14. The molecule has 0 aromatic heterocycles. The van der Waals surface area contributed by atoms with E-state index in [-0.39, 0.29) is 16.9 Å². The predicted molar refractivity (Wildman–Crippen MR) is 60.1 cm³/mol. The summed E-state index contributed by atoms with van der Waals surface area (Å²) in [6.45, 7) is 1.49. The molecule has 1 rings (SSSR count). The number of nitrogens with zero attached hydrogens (tertiary/aromatic N) is 2. The van der Waals surface area contributed by atoms with Crippen LogP contribution < -0.4 is 11.1 Å². The maximum atomic E-state index is 11.3. The zero-order chi connectivity index (χ0) is 13.0. The average Bonchev–Trinajstić information content (AvgIpc) is 2.28. The number of anilines is 1. The number of benzene rings is 1. The third-order valence-corrected chi connectivity index (χ3v) is 2.01. The lowest BCUT2D eigenvalue weighted by atomic mass is 10.1. The summed E-state index contributed by atoms with van der Waals surface area (Å²) in [7, 11) is 0. The van der Waals surface area contributed by atoms with Gasteiger partial charge in [0.2, 0.25) is 5.91 Å². The number of carbonyl (C=O) groups excluding carboxylic acids is 1. The molecular weight excluding hydrogens is 224 g/mol. The fourth-order valence-corrected chi connectivity index (χ4v) is 1.09. The largest absolute Gasteiger partial charge is 0.324 e. The lowest BCUT2D eigenvalue weighted by molar-refractivity contribution is -0.384. The Labute approximate surface area is 97.0 Å². The molecule has 88 valence electrons. The van der Waals surface area contributed by atoms with Crippen molar-refractivity contribution < 1.29 is 9.72 Å². The van der Waals surface area contributed by atoms with E-state index in [0.29, 0.717) is 0 Å². The number of hydrogen-bond donors (Lipinski definition) is 2. The summed E-state index contributed by atoms with van der Waals surface area (Å²) in [4.78, 5) is 21.2. The first kappa shape index (κ1) is 12.6. The predicted octanol–water partition coefficient (Wildman–Crippen LogP) is 0.752. The minimum atomic E-state index is -0.725. The molecule has 0 unspecified atom stereocenters. The molecule has 0 aliphatic rings. The Morgan fingerprint density at radius 3 is 2.76 bits per heavy atom. The zero-order valence-corrected chi connectivity index (χ0v) is 9.01. The number of amides is 1. The summed E-state index contributed by atoms with van der Waals surface area (Å²) in [5, 5.41) is 21.7. The molecule has 7 nitrogen and oxygen atoms in total. The molecule has 1 amide bonds. The first-order chi connectivity index (χ1) is 7.95. The van der Waals surface area contributed by atoms with Crippen molar-refractivity contribution >= 4 is 17.3 Å². The Morgan fingerprint density at radius 1 is 1.65 bits per heavy atom. The number of hydrogen-bond acceptors (Lipinski definition) is 5. The topological polar surface area (TPSA) is 122 Å². The molecule has 7 heteroatoms. The Hall–Kier alpha value is -2.46. The van der Waals surface area contributed by atoms with Crippen molar-refractivity contribution in [3.05, 3.63) is 33.9 Å². The van der Waals surface area contributed by atoms with E-state index in [1.54, 1.807) is 6.07 Å². The number of nitrogens with two attached hydrogens (primary N) is 1. The molecule has 0 heterocycles. The van der Waals surface area contributed by atoms with E-state index in [0.717, 1.165) is 6.07 Å². The van der Waals surface area contributed by atoms with Crippen molar-refractivity contribution in [1.29, 1.82) is 5.26 Å². The summed E-state index contributed by atoms with van der Waals surface area (Å²) in [6, 6.07) is 4.65. The van der Waals surface area contributed by atoms with E-state index in [1.165, 1.54) is 19.1 Å². The maximum Gasteiger partial charge on any atom is 0.270 e. The standard InChI is InChI=1S/C10H10N4O3/c1-6(12)10(15)13-9-3-2-8(14(16)17)4-7(9)5-11/h2-4,6H,12H2,1H3,(H,13,15)/t6-/m1/s1. The molecule has 3 N–H and O–H groups in total. The van der Waals surface area contributed by atoms with E-state index < -0.39 is 16.9 Å². The van der Waals surface area contributed by atoms with Crippen molar-refractivity contribution in [1.82, 2.24) is 0 Å². The van der Waals surface area contributed by atoms with Crippen molar-refractivity contribution in [2.24, 2.45) is 5.73 Å². The smallest absolute Gasteiger partial charge is 0.270 e. The molecule has 0 aliphatic carbocycles. The molecular formula is C10H10N4O3. The highest BCUT2D eigenvalue weighted by atomic mass is 16.6. The SMILES string of the molecule is C[C@@H](N)C(=O)Nc1ccc([N+](=O)[O-])cc1C#N. The number of nitriles is 1. The van der Waals surface area contributed by atoms with Gasteiger partial charge in [-0.15, -0.1) is 0 Å². The summed E-state index contributed by atoms with van der Waals surface area (Å²) in [5.41, 5.74) is 5.37. The van der Waals surface area contributed by atoms with Crippen LogP contribution in [0.1, 0.15) is 12.5 Å². The molecule has 1 aromatic rings. The highest BCUT2D eigenvalue weighted by molar-refractivity contribution is 5.95. The first-order valence-corrected chi connectivity index (χ1v) is 4.70. The second-order valence-electron chi connectivity index (χ2n) is 3.38. The number of nitro benzene ring substituents is 1. The van der Waals surface area contributed by atoms with E-state index in [1.807, 2.05) is 0 Å². The molecule has 17 heavy (non-hydrogen) atoms. The lowest BCUT2D eigenvalue weighted by Gasteiger charge is -2.08. The Kier molecular flexibility index (Phi) is 3.74. The van der Waals surface area contributed by atoms with Gasteiger partial charge < -0.3 is 11.1 Å². The highest BCUT2D eigenvalue weighted by Crippen LogP contribution is 2.21. The number of carbonyl (C=O) groups is 1. The van der Waals surface area contributed by atoms with Crippen LogP contribution in [-0.2, 0) is 4.79 Å². The molecule has 0 radical (unpaired) electrons. The normalized spacial score (nSPS) is 11.4. The van der Waals surface area contributed by atoms with E-state index >= 15 is 0 Å². The molecule has 0 aliphatic heterocycles. The average molecular weight is 234 g/mol. The second-order valence-corrected chi connectivity index (χ2v) is 3.38. The molecule has 0 saturated carbocycles. The van der Waals surface area contributed by atoms with Crippen molar-refractivity contribution in [2.45, 2.75) is 13.0 Å². The van der Waals surface area contributed by atoms with Gasteiger partial charge in [0.05, 0.1) is 22.2 Å². The summed E-state index contributed by atoms with van der Waals surface area (Å²) < 4.78 is 0. The van der Waals surface area contributed by atoms with Crippen LogP contribution in [0.5, 0.6) is 0 Å². The van der Waals surface area contributed by atoms with Crippen LogP contribution in [-0.4, -0.2) is 16.9 Å². The third kappa shape index (κ3) is 2.99. The Balaban J connectivity index is 3.06. The van der Waals surface area contributed by atoms with Crippen LogP contribution in [0.4, 0.5) is 11.4 Å². The Morgan fingerprint density at radius 2 is 2.29 bits per heavy atom. The summed E-state index contributed by atoms with van der Waals surface area (Å²) in [5.74, 6) is -0.463. The molecule has 0 spiro atoms. The van der Waals surface area contributed by atoms with Crippen LogP contribution in [0.15, 0.2) is 18.2 Å². The van der Waals surface area contributed by atoms with Gasteiger partial charge in [-0.3, -0.25) is 14.9 Å². The minimum Gasteiger partial charge on any atom is -0.324 e. The minimum absolute atomic E-state index is 0.0215. The first-order valence-electron chi connectivity index (χ1n) is 4.70. The van der Waals surface area contributed by atoms with Gasteiger partial charge in [0.25, 0.3) is 5.69 Å². The van der Waals surface area contributed by atoms with Crippen LogP contribution >= 0.6 is 0 Å². The quantitative estimate of drug-likeness (QED) is 0.590. The molecule has 0 saturated heterocycles. The van der Waals surface area contributed by atoms with Gasteiger partial charge in [0.15, 0.2) is 0 Å². The van der Waals surface area contributed by atoms with Crippen LogP contribution in [0.3, 0.4) is 0 Å². The fourth-order valence-electron chi connectivity index (χ4n) is 1.09. The lowest BCUT2D eigenvalue weighted by Crippen LogP contribution is -2.32. The van der Waals surface area contributed by atoms with Gasteiger partial charge in [0, 0.05) is 12.1 Å². The summed E-state index contributed by atoms with van der Waals surface area (Å²) in [6.07, 6.45) is 0. The van der Waals surface area contributed by atoms with Gasteiger partial charge in [0.1, 0.15) is 6.07 Å².